The van der Waals surface area contributed by atoms with Gasteiger partial charge in [-0.1, -0.05) is 30.3 Å². The molecular formula is C22H20FNO2. The number of carbonyl (C=O) groups excluding carboxylic acids is 1. The van der Waals surface area contributed by atoms with Crippen LogP contribution in [0.4, 0.5) is 10.1 Å². The fraction of sp³-hybridized carbons (Fsp3) is 0.136. The molecule has 0 amide bonds. The molecule has 0 heterocycles. The molecule has 0 unspecified atom stereocenters. The third-order valence-electron chi connectivity index (χ3n) is 4.74. The van der Waals surface area contributed by atoms with Crippen molar-refractivity contribution in [3.8, 4) is 28.0 Å². The lowest BCUT2D eigenvalue weighted by Gasteiger charge is -2.16. The number of halogens is 1. The molecule has 0 aliphatic carbocycles. The minimum atomic E-state index is -0.598. The maximum absolute atomic E-state index is 14.3. The summed E-state index contributed by atoms with van der Waals surface area (Å²) in [7, 11) is 1.42. The van der Waals surface area contributed by atoms with Gasteiger partial charge in [-0.15, -0.1) is 0 Å². The van der Waals surface area contributed by atoms with Gasteiger partial charge >= 0.3 is 0 Å². The summed E-state index contributed by atoms with van der Waals surface area (Å²) < 4.78 is 19.5. The summed E-state index contributed by atoms with van der Waals surface area (Å²) in [6.07, 6.45) is 0.470. The zero-order valence-corrected chi connectivity index (χ0v) is 15.0. The van der Waals surface area contributed by atoms with Crippen LogP contribution < -0.4 is 10.5 Å². The molecule has 26 heavy (non-hydrogen) atoms. The molecule has 132 valence electrons. The van der Waals surface area contributed by atoms with Crippen LogP contribution in [0.3, 0.4) is 0 Å². The number of hydrogen-bond donors (Lipinski definition) is 1. The van der Waals surface area contributed by atoms with Crippen LogP contribution in [0.5, 0.6) is 5.75 Å². The van der Waals surface area contributed by atoms with Crippen LogP contribution >= 0.6 is 0 Å². The minimum Gasteiger partial charge on any atom is -0.496 e. The summed E-state index contributed by atoms with van der Waals surface area (Å²) in [5.74, 6) is -0.376. The van der Waals surface area contributed by atoms with Crippen LogP contribution in [0.2, 0.25) is 0 Å². The molecule has 0 bridgehead atoms. The van der Waals surface area contributed by atoms with Gasteiger partial charge in [0.1, 0.15) is 11.6 Å². The summed E-state index contributed by atoms with van der Waals surface area (Å²) in [5.41, 5.74) is 12.3. The molecule has 0 atom stereocenters. The van der Waals surface area contributed by atoms with Crippen LogP contribution in [-0.4, -0.2) is 13.4 Å². The van der Waals surface area contributed by atoms with Crippen LogP contribution in [0, 0.1) is 19.7 Å². The molecule has 0 spiro atoms. The third kappa shape index (κ3) is 2.94. The number of rotatable bonds is 4. The van der Waals surface area contributed by atoms with Crippen molar-refractivity contribution in [2.75, 3.05) is 12.8 Å². The number of hydrogen-bond acceptors (Lipinski definition) is 3. The molecule has 0 fully saturated rings. The predicted molar refractivity (Wildman–Crippen MR) is 103 cm³/mol. The van der Waals surface area contributed by atoms with E-state index in [4.69, 9.17) is 10.5 Å². The highest BCUT2D eigenvalue weighted by molar-refractivity contribution is 5.85. The van der Waals surface area contributed by atoms with E-state index in [-0.39, 0.29) is 11.3 Å². The highest BCUT2D eigenvalue weighted by atomic mass is 19.1. The van der Waals surface area contributed by atoms with Crippen molar-refractivity contribution in [2.24, 2.45) is 0 Å². The van der Waals surface area contributed by atoms with Gasteiger partial charge in [-0.3, -0.25) is 4.79 Å². The number of ether oxygens (including phenoxy) is 1. The van der Waals surface area contributed by atoms with Gasteiger partial charge in [0.05, 0.1) is 12.7 Å². The standard InChI is InChI=1S/C22H20FNO2/c1-13-16(15-10-20(23)19(12-25)22(11-15)26-3)6-4-7-17(13)18-8-5-9-21(24)14(18)2/h4-12H,24H2,1-3H3. The maximum Gasteiger partial charge on any atom is 0.156 e. The van der Waals surface area contributed by atoms with E-state index in [1.54, 1.807) is 6.07 Å². The Morgan fingerprint density at radius 1 is 0.962 bits per heavy atom. The summed E-state index contributed by atoms with van der Waals surface area (Å²) in [5, 5.41) is 0. The SMILES string of the molecule is COc1cc(-c2cccc(-c3cccc(N)c3C)c2C)cc(F)c1C=O. The van der Waals surface area contributed by atoms with Gasteiger partial charge in [0.15, 0.2) is 6.29 Å². The summed E-state index contributed by atoms with van der Waals surface area (Å²) in [6.45, 7) is 3.98. The summed E-state index contributed by atoms with van der Waals surface area (Å²) in [6, 6.07) is 14.7. The first kappa shape index (κ1) is 17.7. The zero-order chi connectivity index (χ0) is 18.8. The topological polar surface area (TPSA) is 52.3 Å². The monoisotopic (exact) mass is 349 g/mol. The second-order valence-corrected chi connectivity index (χ2v) is 6.19. The Morgan fingerprint density at radius 2 is 1.58 bits per heavy atom. The lowest BCUT2D eigenvalue weighted by molar-refractivity contribution is 0.111. The van der Waals surface area contributed by atoms with Gasteiger partial charge in [0, 0.05) is 5.69 Å². The molecule has 4 heteroatoms. The first-order valence-corrected chi connectivity index (χ1v) is 8.26. The third-order valence-corrected chi connectivity index (χ3v) is 4.74. The smallest absolute Gasteiger partial charge is 0.156 e. The number of nitrogen functional groups attached to an aromatic ring is 1. The normalized spacial score (nSPS) is 10.6. The molecule has 2 N–H and O–H groups in total. The van der Waals surface area contributed by atoms with E-state index in [1.165, 1.54) is 13.2 Å². The Hall–Kier alpha value is -3.14. The van der Waals surface area contributed by atoms with Crippen molar-refractivity contribution in [1.29, 1.82) is 0 Å². The minimum absolute atomic E-state index is 0.0725. The van der Waals surface area contributed by atoms with Gasteiger partial charge in [0.25, 0.3) is 0 Å². The highest BCUT2D eigenvalue weighted by Crippen LogP contribution is 2.36. The Bertz CT molecular complexity index is 996. The Morgan fingerprint density at radius 3 is 2.23 bits per heavy atom. The molecule has 3 rings (SSSR count). The summed E-state index contributed by atoms with van der Waals surface area (Å²) in [4.78, 5) is 11.1. The van der Waals surface area contributed by atoms with Crippen molar-refractivity contribution < 1.29 is 13.9 Å². The number of benzene rings is 3. The van der Waals surface area contributed by atoms with E-state index in [0.29, 0.717) is 11.8 Å². The highest BCUT2D eigenvalue weighted by Gasteiger charge is 2.15. The molecule has 0 aromatic heterocycles. The zero-order valence-electron chi connectivity index (χ0n) is 15.0. The van der Waals surface area contributed by atoms with Crippen molar-refractivity contribution in [1.82, 2.24) is 0 Å². The van der Waals surface area contributed by atoms with E-state index in [9.17, 15) is 9.18 Å². The first-order chi connectivity index (χ1) is 12.5. The second kappa shape index (κ2) is 7.00. The molecule has 3 nitrogen and oxygen atoms in total. The Labute approximate surface area is 152 Å². The van der Waals surface area contributed by atoms with Crippen LogP contribution in [0.15, 0.2) is 48.5 Å². The molecule has 0 saturated carbocycles. The van der Waals surface area contributed by atoms with Gasteiger partial charge in [-0.25, -0.2) is 4.39 Å². The number of nitrogens with two attached hydrogens (primary N) is 1. The number of aldehydes is 1. The van der Waals surface area contributed by atoms with Gasteiger partial charge in [-0.2, -0.15) is 0 Å². The van der Waals surface area contributed by atoms with Crippen LogP contribution in [0.1, 0.15) is 21.5 Å². The van der Waals surface area contributed by atoms with Gasteiger partial charge in [-0.05, 0) is 65.4 Å². The average molecular weight is 349 g/mol. The molecule has 3 aromatic carbocycles. The lowest BCUT2D eigenvalue weighted by Crippen LogP contribution is -1.98. The van der Waals surface area contributed by atoms with Crippen molar-refractivity contribution in [2.45, 2.75) is 13.8 Å². The van der Waals surface area contributed by atoms with E-state index in [0.717, 1.165) is 33.5 Å². The fourth-order valence-corrected chi connectivity index (χ4v) is 3.22. The largest absolute Gasteiger partial charge is 0.496 e. The summed E-state index contributed by atoms with van der Waals surface area (Å²) >= 11 is 0. The average Bonchev–Trinajstić information content (AvgIpc) is 2.63. The molecule has 0 aliphatic heterocycles. The van der Waals surface area contributed by atoms with E-state index in [1.807, 2.05) is 50.2 Å². The van der Waals surface area contributed by atoms with Gasteiger partial charge < -0.3 is 10.5 Å². The maximum atomic E-state index is 14.3. The predicted octanol–water partition coefficient (Wildman–Crippen LogP) is 5.18. The van der Waals surface area contributed by atoms with Crippen LogP contribution in [0.25, 0.3) is 22.3 Å². The van der Waals surface area contributed by atoms with Gasteiger partial charge in [0.2, 0.25) is 0 Å². The van der Waals surface area contributed by atoms with E-state index in [2.05, 4.69) is 0 Å². The van der Waals surface area contributed by atoms with Crippen molar-refractivity contribution in [3.63, 3.8) is 0 Å². The van der Waals surface area contributed by atoms with Crippen molar-refractivity contribution >= 4 is 12.0 Å². The Balaban J connectivity index is 2.21. The molecule has 0 saturated heterocycles. The van der Waals surface area contributed by atoms with Crippen LogP contribution in [-0.2, 0) is 0 Å². The van der Waals surface area contributed by atoms with Crippen molar-refractivity contribution in [3.05, 3.63) is 71.0 Å². The molecule has 0 radical (unpaired) electrons. The van der Waals surface area contributed by atoms with E-state index < -0.39 is 5.82 Å². The lowest BCUT2D eigenvalue weighted by atomic mass is 9.90. The first-order valence-electron chi connectivity index (χ1n) is 8.26. The second-order valence-electron chi connectivity index (χ2n) is 6.19. The number of anilines is 1. The fourth-order valence-electron chi connectivity index (χ4n) is 3.22. The quantitative estimate of drug-likeness (QED) is 0.521. The number of carbonyl (C=O) groups is 1. The Kier molecular flexibility index (Phi) is 4.76. The number of methoxy groups -OCH3 is 1. The molecular weight excluding hydrogens is 329 g/mol. The van der Waals surface area contributed by atoms with E-state index >= 15 is 0 Å². The molecule has 3 aromatic rings. The molecule has 0 aliphatic rings.